The summed E-state index contributed by atoms with van der Waals surface area (Å²) in [5.41, 5.74) is 0. The van der Waals surface area contributed by atoms with Gasteiger partial charge in [0.15, 0.2) is 0 Å². The van der Waals surface area contributed by atoms with Gasteiger partial charge in [-0.05, 0) is 12.8 Å². The van der Waals surface area contributed by atoms with Crippen LogP contribution in [0.3, 0.4) is 0 Å². The Morgan fingerprint density at radius 1 is 1.60 bits per heavy atom. The molecule has 54 valence electrons. The molecule has 1 heterocycles. The van der Waals surface area contributed by atoms with Crippen LogP contribution in [0.1, 0.15) is 12.8 Å². The number of hydrogen-bond donors (Lipinski definition) is 0. The van der Waals surface area contributed by atoms with Gasteiger partial charge in [-0.1, -0.05) is 6.58 Å². The maximum atomic E-state index is 10.9. The van der Waals surface area contributed by atoms with Gasteiger partial charge < -0.3 is 4.74 Å². The molecule has 2 aliphatic rings. The van der Waals surface area contributed by atoms with Crippen LogP contribution in [0.4, 0.5) is 4.79 Å². The maximum absolute atomic E-state index is 10.9. The van der Waals surface area contributed by atoms with Gasteiger partial charge in [0.2, 0.25) is 0 Å². The second-order valence-corrected chi connectivity index (χ2v) is 2.77. The van der Waals surface area contributed by atoms with E-state index in [0.717, 1.165) is 12.8 Å². The van der Waals surface area contributed by atoms with Gasteiger partial charge in [-0.25, -0.2) is 4.79 Å². The third-order valence-electron chi connectivity index (χ3n) is 1.80. The fourth-order valence-corrected chi connectivity index (χ4v) is 1.13. The molecule has 2 rings (SSSR count). The zero-order valence-electron chi connectivity index (χ0n) is 5.67. The Morgan fingerprint density at radius 2 is 2.30 bits per heavy atom. The fraction of sp³-hybridized carbons (Fsp3) is 0.571. The molecule has 1 amide bonds. The van der Waals surface area contributed by atoms with E-state index in [1.165, 1.54) is 0 Å². The van der Waals surface area contributed by atoms with E-state index in [9.17, 15) is 4.79 Å². The second kappa shape index (κ2) is 1.75. The summed E-state index contributed by atoms with van der Waals surface area (Å²) in [5, 5.41) is 0. The third kappa shape index (κ3) is 0.781. The van der Waals surface area contributed by atoms with E-state index in [4.69, 9.17) is 4.74 Å². The Hall–Kier alpha value is -0.990. The van der Waals surface area contributed by atoms with Crippen LogP contribution in [0, 0.1) is 0 Å². The van der Waals surface area contributed by atoms with Gasteiger partial charge in [-0.3, -0.25) is 4.90 Å². The van der Waals surface area contributed by atoms with Crippen LogP contribution in [0.15, 0.2) is 12.3 Å². The number of hydrogen-bond acceptors (Lipinski definition) is 2. The van der Waals surface area contributed by atoms with Gasteiger partial charge in [-0.2, -0.15) is 0 Å². The van der Waals surface area contributed by atoms with Gasteiger partial charge in [0.1, 0.15) is 5.76 Å². The lowest BCUT2D eigenvalue weighted by molar-refractivity contribution is 0.167. The zero-order chi connectivity index (χ0) is 7.14. The van der Waals surface area contributed by atoms with Gasteiger partial charge in [0.05, 0.1) is 6.54 Å². The average molecular weight is 139 g/mol. The Labute approximate surface area is 59.3 Å². The van der Waals surface area contributed by atoms with Crippen LogP contribution in [-0.4, -0.2) is 23.6 Å². The minimum Gasteiger partial charge on any atom is -0.413 e. The first kappa shape index (κ1) is 5.77. The highest BCUT2D eigenvalue weighted by molar-refractivity contribution is 5.72. The summed E-state index contributed by atoms with van der Waals surface area (Å²) in [4.78, 5) is 12.6. The lowest BCUT2D eigenvalue weighted by atomic mass is 10.5. The molecule has 0 spiro atoms. The fourth-order valence-electron chi connectivity index (χ4n) is 1.13. The van der Waals surface area contributed by atoms with Crippen LogP contribution in [0.25, 0.3) is 0 Å². The molecule has 0 radical (unpaired) electrons. The highest BCUT2D eigenvalue weighted by atomic mass is 16.6. The van der Waals surface area contributed by atoms with Crippen LogP contribution in [0.2, 0.25) is 0 Å². The first-order valence-electron chi connectivity index (χ1n) is 3.43. The van der Waals surface area contributed by atoms with Crippen LogP contribution < -0.4 is 0 Å². The summed E-state index contributed by atoms with van der Waals surface area (Å²) in [7, 11) is 0. The van der Waals surface area contributed by atoms with Crippen molar-refractivity contribution in [3.8, 4) is 0 Å². The molecule has 0 bridgehead atoms. The van der Waals surface area contributed by atoms with Gasteiger partial charge in [-0.15, -0.1) is 0 Å². The van der Waals surface area contributed by atoms with E-state index in [1.807, 2.05) is 0 Å². The minimum atomic E-state index is -0.215. The van der Waals surface area contributed by atoms with Gasteiger partial charge >= 0.3 is 6.09 Å². The Morgan fingerprint density at radius 3 is 2.70 bits per heavy atom. The third-order valence-corrected chi connectivity index (χ3v) is 1.80. The highest BCUT2D eigenvalue weighted by Gasteiger charge is 2.38. The summed E-state index contributed by atoms with van der Waals surface area (Å²) in [6.45, 7) is 4.18. The van der Waals surface area contributed by atoms with E-state index >= 15 is 0 Å². The summed E-state index contributed by atoms with van der Waals surface area (Å²) >= 11 is 0. The van der Waals surface area contributed by atoms with E-state index in [0.29, 0.717) is 18.3 Å². The van der Waals surface area contributed by atoms with Crippen LogP contribution in [-0.2, 0) is 4.74 Å². The van der Waals surface area contributed by atoms with Crippen molar-refractivity contribution in [2.24, 2.45) is 0 Å². The maximum Gasteiger partial charge on any atom is 0.415 e. The molecule has 2 fully saturated rings. The topological polar surface area (TPSA) is 29.5 Å². The SMILES string of the molecule is C=C1CN(C2CC2)C(=O)O1. The molecule has 0 atom stereocenters. The van der Waals surface area contributed by atoms with E-state index < -0.39 is 0 Å². The minimum absolute atomic E-state index is 0.215. The van der Waals surface area contributed by atoms with Gasteiger partial charge in [0, 0.05) is 6.04 Å². The molecular weight excluding hydrogens is 130 g/mol. The quantitative estimate of drug-likeness (QED) is 0.544. The van der Waals surface area contributed by atoms with Crippen molar-refractivity contribution in [3.05, 3.63) is 12.3 Å². The van der Waals surface area contributed by atoms with Crippen molar-refractivity contribution >= 4 is 6.09 Å². The second-order valence-electron chi connectivity index (χ2n) is 2.77. The Bertz CT molecular complexity index is 196. The smallest absolute Gasteiger partial charge is 0.413 e. The van der Waals surface area contributed by atoms with Crippen LogP contribution >= 0.6 is 0 Å². The predicted octanol–water partition coefficient (Wildman–Crippen LogP) is 1.11. The predicted molar refractivity (Wildman–Crippen MR) is 35.3 cm³/mol. The summed E-state index contributed by atoms with van der Waals surface area (Å²) < 4.78 is 4.77. The summed E-state index contributed by atoms with van der Waals surface area (Å²) in [6.07, 6.45) is 2.04. The Kier molecular flexibility index (Phi) is 1.01. The summed E-state index contributed by atoms with van der Waals surface area (Å²) in [6, 6.07) is 0.451. The first-order chi connectivity index (χ1) is 4.77. The molecule has 0 aromatic heterocycles. The number of nitrogens with zero attached hydrogens (tertiary/aromatic N) is 1. The molecule has 0 unspecified atom stereocenters. The Balaban J connectivity index is 2.08. The average Bonchev–Trinajstić information content (AvgIpc) is 2.61. The number of carbonyl (C=O) groups is 1. The number of cyclic esters (lactones) is 1. The van der Waals surface area contributed by atoms with Crippen LogP contribution in [0.5, 0.6) is 0 Å². The number of rotatable bonds is 1. The molecule has 1 aliphatic carbocycles. The van der Waals surface area contributed by atoms with Crippen molar-refractivity contribution < 1.29 is 9.53 Å². The molecule has 0 aromatic carbocycles. The molecule has 3 heteroatoms. The monoisotopic (exact) mass is 139 g/mol. The number of carbonyl (C=O) groups excluding carboxylic acids is 1. The standard InChI is InChI=1S/C7H9NO2/c1-5-4-8(6-2-3-6)7(9)10-5/h6H,1-4H2. The first-order valence-corrected chi connectivity index (χ1v) is 3.43. The van der Waals surface area contributed by atoms with E-state index in [-0.39, 0.29) is 6.09 Å². The summed E-state index contributed by atoms with van der Waals surface area (Å²) in [5.74, 6) is 0.580. The lowest BCUT2D eigenvalue weighted by Crippen LogP contribution is -2.26. The van der Waals surface area contributed by atoms with E-state index in [2.05, 4.69) is 6.58 Å². The molecule has 1 saturated carbocycles. The molecular formula is C7H9NO2. The van der Waals surface area contributed by atoms with Crippen molar-refractivity contribution in [1.82, 2.24) is 4.90 Å². The normalized spacial score (nSPS) is 25.4. The van der Waals surface area contributed by atoms with Gasteiger partial charge in [0.25, 0.3) is 0 Å². The van der Waals surface area contributed by atoms with Crippen molar-refractivity contribution in [3.63, 3.8) is 0 Å². The van der Waals surface area contributed by atoms with Crippen molar-refractivity contribution in [2.75, 3.05) is 6.54 Å². The van der Waals surface area contributed by atoms with E-state index in [1.54, 1.807) is 4.90 Å². The molecule has 1 aliphatic heterocycles. The number of amides is 1. The van der Waals surface area contributed by atoms with Crippen molar-refractivity contribution in [2.45, 2.75) is 18.9 Å². The molecule has 10 heavy (non-hydrogen) atoms. The molecule has 3 nitrogen and oxygen atoms in total. The highest BCUT2D eigenvalue weighted by Crippen LogP contribution is 2.30. The zero-order valence-corrected chi connectivity index (χ0v) is 5.67. The van der Waals surface area contributed by atoms with Crippen molar-refractivity contribution in [1.29, 1.82) is 0 Å². The molecule has 0 aromatic rings. The largest absolute Gasteiger partial charge is 0.415 e. The lowest BCUT2D eigenvalue weighted by Gasteiger charge is -2.08. The molecule has 0 N–H and O–H groups in total. The molecule has 1 saturated heterocycles. The number of ether oxygens (including phenoxy) is 1.